The summed E-state index contributed by atoms with van der Waals surface area (Å²) in [5.74, 6) is 0.710. The zero-order valence-electron chi connectivity index (χ0n) is 32.6. The molecule has 0 saturated heterocycles. The lowest BCUT2D eigenvalue weighted by atomic mass is 9.84. The standard InChI is InChI=1S/C46H82N2/c1-3-5-7-9-11-13-15-17-19-20-22-24-26-28-30-35-39-46(48-41-40-47-43-48)45(42-44-36-32-31-33-37-44)38-34-29-27-25-23-21-18-16-14-12-10-8-6-4-2/h31-33,36-37,40-41,43,45-46H,3-30,34-35,38-39,42H2,1-2H3/p+1. The summed E-state index contributed by atoms with van der Waals surface area (Å²) in [4.78, 5) is 3.37. The third kappa shape index (κ3) is 23.7. The van der Waals surface area contributed by atoms with Gasteiger partial charge in [-0.1, -0.05) is 230 Å². The lowest BCUT2D eigenvalue weighted by Gasteiger charge is -2.25. The van der Waals surface area contributed by atoms with Crippen LogP contribution in [0.15, 0.2) is 49.1 Å². The van der Waals surface area contributed by atoms with E-state index in [1.165, 1.54) is 217 Å². The molecule has 2 nitrogen and oxygen atoms in total. The molecule has 2 atom stereocenters. The van der Waals surface area contributed by atoms with E-state index in [4.69, 9.17) is 0 Å². The van der Waals surface area contributed by atoms with Gasteiger partial charge in [0, 0.05) is 5.92 Å². The van der Waals surface area contributed by atoms with Crippen LogP contribution in [-0.2, 0) is 6.42 Å². The number of rotatable bonds is 36. The van der Waals surface area contributed by atoms with Gasteiger partial charge >= 0.3 is 0 Å². The highest BCUT2D eigenvalue weighted by atomic mass is 15.1. The fourth-order valence-corrected chi connectivity index (χ4v) is 7.99. The van der Waals surface area contributed by atoms with Crippen LogP contribution in [0.25, 0.3) is 0 Å². The molecule has 0 fully saturated rings. The highest BCUT2D eigenvalue weighted by molar-refractivity contribution is 5.15. The van der Waals surface area contributed by atoms with Gasteiger partial charge in [-0.15, -0.1) is 0 Å². The lowest BCUT2D eigenvalue weighted by molar-refractivity contribution is -0.730. The summed E-state index contributed by atoms with van der Waals surface area (Å²) in [6.07, 6.45) is 53.7. The first-order chi connectivity index (χ1) is 23.8. The highest BCUT2D eigenvalue weighted by Gasteiger charge is 2.26. The monoisotopic (exact) mass is 664 g/mol. The van der Waals surface area contributed by atoms with Crippen molar-refractivity contribution in [2.75, 3.05) is 0 Å². The molecule has 0 amide bonds. The van der Waals surface area contributed by atoms with E-state index >= 15 is 0 Å². The summed E-state index contributed by atoms with van der Waals surface area (Å²) in [5.41, 5.74) is 1.51. The molecule has 2 aromatic rings. The topological polar surface area (TPSA) is 19.7 Å². The Kier molecular flexibility index (Phi) is 29.0. The van der Waals surface area contributed by atoms with Crippen molar-refractivity contribution in [1.82, 2.24) is 4.98 Å². The quantitative estimate of drug-likeness (QED) is 0.0553. The van der Waals surface area contributed by atoms with Gasteiger partial charge in [0.1, 0.15) is 18.4 Å². The SMILES string of the molecule is CCCCCCCCCCCCCCCCCCC(C(CCCCCCCCCCCCCCCC)Cc1ccccc1)[n+]1cc[nH]c1. The molecule has 48 heavy (non-hydrogen) atoms. The first-order valence-electron chi connectivity index (χ1n) is 21.9. The molecular formula is C46H83N2+. The second kappa shape index (κ2) is 32.6. The van der Waals surface area contributed by atoms with Crippen molar-refractivity contribution in [2.24, 2.45) is 5.92 Å². The third-order valence-corrected chi connectivity index (χ3v) is 11.1. The number of hydrogen-bond donors (Lipinski definition) is 1. The summed E-state index contributed by atoms with van der Waals surface area (Å²) in [6.45, 7) is 4.62. The van der Waals surface area contributed by atoms with Gasteiger partial charge in [-0.25, -0.2) is 4.57 Å². The normalized spacial score (nSPS) is 12.9. The smallest absolute Gasteiger partial charge is 0.241 e. The summed E-state index contributed by atoms with van der Waals surface area (Å²) in [6, 6.07) is 11.9. The zero-order valence-corrected chi connectivity index (χ0v) is 32.6. The molecule has 0 radical (unpaired) electrons. The van der Waals surface area contributed by atoms with Crippen LogP contribution in [0.5, 0.6) is 0 Å². The average Bonchev–Trinajstić information content (AvgIpc) is 3.65. The maximum atomic E-state index is 3.37. The van der Waals surface area contributed by atoms with Gasteiger partial charge in [-0.2, -0.15) is 0 Å². The molecule has 0 aliphatic rings. The fourth-order valence-electron chi connectivity index (χ4n) is 7.99. The molecule has 2 unspecified atom stereocenters. The van der Waals surface area contributed by atoms with Crippen LogP contribution >= 0.6 is 0 Å². The second-order valence-electron chi connectivity index (χ2n) is 15.6. The van der Waals surface area contributed by atoms with Crippen molar-refractivity contribution in [3.05, 3.63) is 54.6 Å². The Morgan fingerprint density at radius 2 is 0.833 bits per heavy atom. The largest absolute Gasteiger partial charge is 0.250 e. The minimum absolute atomic E-state index is 0.602. The molecule has 0 aliphatic heterocycles. The maximum Gasteiger partial charge on any atom is 0.241 e. The molecule has 1 N–H and O–H groups in total. The van der Waals surface area contributed by atoms with Crippen molar-refractivity contribution < 1.29 is 4.57 Å². The Labute approximate surface area is 301 Å². The number of aromatic nitrogens is 2. The van der Waals surface area contributed by atoms with E-state index in [0.29, 0.717) is 12.0 Å². The van der Waals surface area contributed by atoms with Gasteiger partial charge in [0.2, 0.25) is 6.33 Å². The number of nitrogens with zero attached hydrogens (tertiary/aromatic N) is 1. The summed E-state index contributed by atoms with van der Waals surface area (Å²) >= 11 is 0. The molecule has 2 rings (SSSR count). The van der Waals surface area contributed by atoms with E-state index in [9.17, 15) is 0 Å². The Balaban J connectivity index is 1.62. The average molecular weight is 664 g/mol. The van der Waals surface area contributed by atoms with Crippen LogP contribution in [0.1, 0.15) is 231 Å². The number of nitrogens with one attached hydrogen (secondary N) is 1. The van der Waals surface area contributed by atoms with E-state index in [1.807, 2.05) is 0 Å². The number of unbranched alkanes of at least 4 members (excludes halogenated alkanes) is 28. The van der Waals surface area contributed by atoms with Crippen molar-refractivity contribution in [2.45, 2.75) is 232 Å². The minimum Gasteiger partial charge on any atom is -0.250 e. The van der Waals surface area contributed by atoms with E-state index in [-0.39, 0.29) is 0 Å². The Morgan fingerprint density at radius 1 is 0.458 bits per heavy atom. The molecule has 276 valence electrons. The Bertz CT molecular complexity index is 875. The molecule has 1 aromatic heterocycles. The van der Waals surface area contributed by atoms with Crippen LogP contribution in [0.4, 0.5) is 0 Å². The highest BCUT2D eigenvalue weighted by Crippen LogP contribution is 2.29. The molecule has 1 heterocycles. The van der Waals surface area contributed by atoms with Crippen molar-refractivity contribution >= 4 is 0 Å². The summed E-state index contributed by atoms with van der Waals surface area (Å²) < 4.78 is 2.52. The molecular weight excluding hydrogens is 581 g/mol. The van der Waals surface area contributed by atoms with Crippen molar-refractivity contribution in [3.63, 3.8) is 0 Å². The van der Waals surface area contributed by atoms with Gasteiger partial charge in [0.25, 0.3) is 0 Å². The molecule has 0 spiro atoms. The van der Waals surface area contributed by atoms with Gasteiger partial charge in [0.05, 0.1) is 0 Å². The van der Waals surface area contributed by atoms with Gasteiger partial charge < -0.3 is 0 Å². The first-order valence-corrected chi connectivity index (χ1v) is 21.9. The molecule has 1 aromatic carbocycles. The van der Waals surface area contributed by atoms with Crippen molar-refractivity contribution in [3.8, 4) is 0 Å². The van der Waals surface area contributed by atoms with Gasteiger partial charge in [-0.05, 0) is 31.2 Å². The molecule has 0 bridgehead atoms. The maximum absolute atomic E-state index is 3.37. The van der Waals surface area contributed by atoms with Crippen molar-refractivity contribution in [1.29, 1.82) is 0 Å². The predicted molar refractivity (Wildman–Crippen MR) is 213 cm³/mol. The first kappa shape index (κ1) is 42.6. The molecule has 0 aliphatic carbocycles. The zero-order chi connectivity index (χ0) is 34.0. The second-order valence-corrected chi connectivity index (χ2v) is 15.6. The van der Waals surface area contributed by atoms with Crippen LogP contribution < -0.4 is 4.57 Å². The number of benzene rings is 1. The van der Waals surface area contributed by atoms with E-state index in [1.54, 1.807) is 0 Å². The van der Waals surface area contributed by atoms with Gasteiger partial charge in [-0.3, -0.25) is 4.98 Å². The number of hydrogen-bond acceptors (Lipinski definition) is 0. The Hall–Kier alpha value is -1.57. The summed E-state index contributed by atoms with van der Waals surface area (Å²) in [5, 5.41) is 0. The van der Waals surface area contributed by atoms with Crippen LogP contribution in [-0.4, -0.2) is 4.98 Å². The fraction of sp³-hybridized carbons (Fsp3) is 0.804. The van der Waals surface area contributed by atoms with Gasteiger partial charge in [0.15, 0.2) is 0 Å². The molecule has 0 saturated carbocycles. The van der Waals surface area contributed by atoms with Crippen LogP contribution in [0.3, 0.4) is 0 Å². The predicted octanol–water partition coefficient (Wildman–Crippen LogP) is 15.2. The van der Waals surface area contributed by atoms with E-state index in [0.717, 1.165) is 0 Å². The number of imidazole rings is 1. The van der Waals surface area contributed by atoms with E-state index in [2.05, 4.69) is 72.5 Å². The van der Waals surface area contributed by atoms with Crippen LogP contribution in [0, 0.1) is 5.92 Å². The minimum atomic E-state index is 0.602. The Morgan fingerprint density at radius 3 is 1.21 bits per heavy atom. The third-order valence-electron chi connectivity index (χ3n) is 11.1. The van der Waals surface area contributed by atoms with Crippen LogP contribution in [0.2, 0.25) is 0 Å². The summed E-state index contributed by atoms with van der Waals surface area (Å²) in [7, 11) is 0. The molecule has 2 heteroatoms. The lowest BCUT2D eigenvalue weighted by Crippen LogP contribution is -2.42. The number of aromatic amines is 1. The van der Waals surface area contributed by atoms with E-state index < -0.39 is 0 Å². The number of H-pyrrole nitrogens is 1.